The molecule has 1 aromatic rings. The maximum atomic E-state index is 11.6. The van der Waals surface area contributed by atoms with Crippen LogP contribution in [0.3, 0.4) is 0 Å². The largest absolute Gasteiger partial charge is 0.497 e. The van der Waals surface area contributed by atoms with Crippen LogP contribution in [0, 0.1) is 10.1 Å². The number of nitrogens with zero attached hydrogens (tertiary/aromatic N) is 2. The van der Waals surface area contributed by atoms with Crippen molar-refractivity contribution in [2.75, 3.05) is 25.5 Å². The minimum Gasteiger partial charge on any atom is -0.497 e. The van der Waals surface area contributed by atoms with E-state index in [1.807, 2.05) is 4.90 Å². The molecule has 2 heterocycles. The van der Waals surface area contributed by atoms with Crippen molar-refractivity contribution < 1.29 is 9.66 Å². The molecule has 2 aliphatic heterocycles. The average molecular weight is 370 g/mol. The van der Waals surface area contributed by atoms with Gasteiger partial charge in [-0.1, -0.05) is 23.2 Å². The Labute approximate surface area is 149 Å². The van der Waals surface area contributed by atoms with E-state index < -0.39 is 4.92 Å². The summed E-state index contributed by atoms with van der Waals surface area (Å²) >= 11 is 12.7. The monoisotopic (exact) mass is 369 g/mol. The van der Waals surface area contributed by atoms with Crippen molar-refractivity contribution in [2.45, 2.75) is 19.3 Å². The summed E-state index contributed by atoms with van der Waals surface area (Å²) in [7, 11) is 1.55. The third-order valence-corrected chi connectivity index (χ3v) is 5.08. The second-order valence-electron chi connectivity index (χ2n) is 5.67. The highest BCUT2D eigenvalue weighted by Crippen LogP contribution is 2.42. The number of nitrogens with one attached hydrogen (secondary N) is 1. The van der Waals surface area contributed by atoms with Gasteiger partial charge in [0.05, 0.1) is 12.0 Å². The molecule has 0 spiro atoms. The van der Waals surface area contributed by atoms with Gasteiger partial charge in [-0.2, -0.15) is 0 Å². The van der Waals surface area contributed by atoms with Crippen LogP contribution in [0.15, 0.2) is 34.1 Å². The molecule has 6 nitrogen and oxygen atoms in total. The Morgan fingerprint density at radius 2 is 2.00 bits per heavy atom. The maximum Gasteiger partial charge on any atom is 0.314 e. The van der Waals surface area contributed by atoms with Gasteiger partial charge in [-0.15, -0.1) is 0 Å². The fraction of sp³-hybridized carbons (Fsp3) is 0.375. The highest BCUT2D eigenvalue weighted by molar-refractivity contribution is 6.40. The number of ether oxygens (including phenoxy) is 1. The lowest BCUT2D eigenvalue weighted by Gasteiger charge is -2.29. The van der Waals surface area contributed by atoms with Crippen LogP contribution in [0.4, 0.5) is 5.69 Å². The van der Waals surface area contributed by atoms with Crippen molar-refractivity contribution in [3.8, 4) is 5.75 Å². The molecule has 0 amide bonds. The molecule has 0 saturated carbocycles. The van der Waals surface area contributed by atoms with Gasteiger partial charge in [0.2, 0.25) is 0 Å². The normalized spacial score (nSPS) is 19.5. The number of halogens is 2. The van der Waals surface area contributed by atoms with Gasteiger partial charge in [0.25, 0.3) is 0 Å². The summed E-state index contributed by atoms with van der Waals surface area (Å²) in [5.41, 5.74) is 1.63. The lowest BCUT2D eigenvalue weighted by Crippen LogP contribution is -2.28. The number of methoxy groups -OCH3 is 1. The smallest absolute Gasteiger partial charge is 0.314 e. The zero-order chi connectivity index (χ0) is 17.3. The number of hydrogen-bond acceptors (Lipinski definition) is 5. The first kappa shape index (κ1) is 16.9. The van der Waals surface area contributed by atoms with E-state index >= 15 is 0 Å². The van der Waals surface area contributed by atoms with E-state index in [0.717, 1.165) is 38.0 Å². The standard InChI is InChI=1S/C16H17Cl2N3O3/c1-24-10-5-6-12-11(9-10)14(19-12)15(21(22)23)13(17)16(18)20-7-3-2-4-8-20/h5-6,9,19H,2-4,7-8H2,1H3/b15-14-,16-13+. The molecule has 0 radical (unpaired) electrons. The number of fused-ring (bicyclic) bond motifs is 1. The maximum absolute atomic E-state index is 11.6. The molecule has 1 fully saturated rings. The van der Waals surface area contributed by atoms with Gasteiger partial charge in [0.1, 0.15) is 16.6 Å². The van der Waals surface area contributed by atoms with Crippen molar-refractivity contribution >= 4 is 34.6 Å². The Morgan fingerprint density at radius 3 is 2.62 bits per heavy atom. The fourth-order valence-corrected chi connectivity index (χ4v) is 3.44. The molecule has 0 atom stereocenters. The van der Waals surface area contributed by atoms with Crippen molar-refractivity contribution in [1.29, 1.82) is 0 Å². The van der Waals surface area contributed by atoms with Gasteiger partial charge in [0.15, 0.2) is 5.03 Å². The second-order valence-corrected chi connectivity index (χ2v) is 6.41. The van der Waals surface area contributed by atoms with Crippen LogP contribution in [-0.2, 0) is 0 Å². The summed E-state index contributed by atoms with van der Waals surface area (Å²) in [5, 5.41) is 14.8. The molecule has 1 aromatic carbocycles. The molecule has 2 aliphatic rings. The van der Waals surface area contributed by atoms with E-state index in [2.05, 4.69) is 5.32 Å². The topological polar surface area (TPSA) is 67.6 Å². The van der Waals surface area contributed by atoms with Crippen molar-refractivity contribution in [3.05, 3.63) is 49.8 Å². The summed E-state index contributed by atoms with van der Waals surface area (Å²) in [6, 6.07) is 5.33. The van der Waals surface area contributed by atoms with E-state index in [9.17, 15) is 10.1 Å². The van der Waals surface area contributed by atoms with Crippen LogP contribution in [0.1, 0.15) is 24.8 Å². The minimum atomic E-state index is -0.501. The number of rotatable bonds is 4. The molecule has 0 aromatic heterocycles. The molecule has 0 unspecified atom stereocenters. The second kappa shape index (κ2) is 6.91. The van der Waals surface area contributed by atoms with Crippen molar-refractivity contribution in [2.24, 2.45) is 0 Å². The van der Waals surface area contributed by atoms with Gasteiger partial charge < -0.3 is 15.0 Å². The highest BCUT2D eigenvalue weighted by atomic mass is 35.5. The van der Waals surface area contributed by atoms with Crippen LogP contribution >= 0.6 is 23.2 Å². The molecule has 3 rings (SSSR count). The first-order valence-electron chi connectivity index (χ1n) is 7.67. The molecule has 0 aliphatic carbocycles. The number of anilines is 1. The van der Waals surface area contributed by atoms with Crippen molar-refractivity contribution in [3.63, 3.8) is 0 Å². The molecular weight excluding hydrogens is 353 g/mol. The predicted molar refractivity (Wildman–Crippen MR) is 94.7 cm³/mol. The third-order valence-electron chi connectivity index (χ3n) is 4.20. The van der Waals surface area contributed by atoms with E-state index in [0.29, 0.717) is 17.0 Å². The number of likely N-dealkylation sites (tertiary alicyclic amines) is 1. The SMILES string of the molecule is COc1ccc2c(c1)/C(=C(\C(Cl)=C(\Cl)N1CCCCC1)[N+](=O)[O-])N2. The van der Waals surface area contributed by atoms with E-state index in [-0.39, 0.29) is 15.9 Å². The van der Waals surface area contributed by atoms with Crippen LogP contribution in [0.2, 0.25) is 0 Å². The summed E-state index contributed by atoms with van der Waals surface area (Å²) < 4.78 is 5.18. The first-order valence-corrected chi connectivity index (χ1v) is 8.43. The number of hydrogen-bond donors (Lipinski definition) is 1. The number of nitro groups is 1. The zero-order valence-electron chi connectivity index (χ0n) is 13.1. The Bertz CT molecular complexity index is 740. The Kier molecular flexibility index (Phi) is 4.87. The van der Waals surface area contributed by atoms with Crippen LogP contribution in [0.25, 0.3) is 5.70 Å². The van der Waals surface area contributed by atoms with Gasteiger partial charge in [-0.25, -0.2) is 0 Å². The quantitative estimate of drug-likeness (QED) is 0.489. The molecule has 0 bridgehead atoms. The lowest BCUT2D eigenvalue weighted by atomic mass is 9.99. The molecular formula is C16H17Cl2N3O3. The first-order chi connectivity index (χ1) is 11.5. The lowest BCUT2D eigenvalue weighted by molar-refractivity contribution is -0.418. The summed E-state index contributed by atoms with van der Waals surface area (Å²) in [5.74, 6) is 0.623. The average Bonchev–Trinajstić information content (AvgIpc) is 2.59. The van der Waals surface area contributed by atoms with Gasteiger partial charge >= 0.3 is 5.70 Å². The number of benzene rings is 1. The fourth-order valence-electron chi connectivity index (χ4n) is 2.90. The predicted octanol–water partition coefficient (Wildman–Crippen LogP) is 4.20. The van der Waals surface area contributed by atoms with Crippen molar-refractivity contribution in [1.82, 2.24) is 4.90 Å². The van der Waals surface area contributed by atoms with Crippen LogP contribution < -0.4 is 10.1 Å². The highest BCUT2D eigenvalue weighted by Gasteiger charge is 2.34. The molecule has 128 valence electrons. The van der Waals surface area contributed by atoms with Gasteiger partial charge in [-0.3, -0.25) is 10.1 Å². The molecule has 1 N–H and O–H groups in total. The zero-order valence-corrected chi connectivity index (χ0v) is 14.7. The molecule has 8 heteroatoms. The Morgan fingerprint density at radius 1 is 1.29 bits per heavy atom. The van der Waals surface area contributed by atoms with Crippen LogP contribution in [-0.4, -0.2) is 30.0 Å². The Balaban J connectivity index is 2.02. The van der Waals surface area contributed by atoms with E-state index in [1.54, 1.807) is 25.3 Å². The molecule has 24 heavy (non-hydrogen) atoms. The molecule has 1 saturated heterocycles. The van der Waals surface area contributed by atoms with Crippen LogP contribution in [0.5, 0.6) is 5.75 Å². The van der Waals surface area contributed by atoms with Gasteiger partial charge in [0, 0.05) is 24.3 Å². The van der Waals surface area contributed by atoms with E-state index in [1.165, 1.54) is 0 Å². The Hall–Kier alpha value is -1.92. The van der Waals surface area contributed by atoms with Gasteiger partial charge in [-0.05, 0) is 37.5 Å². The third kappa shape index (κ3) is 3.03. The number of allylic oxidation sites excluding steroid dienone is 1. The number of piperidine rings is 1. The summed E-state index contributed by atoms with van der Waals surface area (Å²) in [4.78, 5) is 13.0. The summed E-state index contributed by atoms with van der Waals surface area (Å²) in [6.07, 6.45) is 3.14. The minimum absolute atomic E-state index is 0.0421. The summed E-state index contributed by atoms with van der Waals surface area (Å²) in [6.45, 7) is 1.51. The van der Waals surface area contributed by atoms with E-state index in [4.69, 9.17) is 27.9 Å².